The van der Waals surface area contributed by atoms with E-state index >= 15 is 0 Å². The second kappa shape index (κ2) is 13.1. The van der Waals surface area contributed by atoms with E-state index in [1.54, 1.807) is 32.0 Å². The Morgan fingerprint density at radius 1 is 0.947 bits per heavy atom. The number of carbonyl (C=O) groups excluding carboxylic acids is 2. The molecule has 1 N–H and O–H groups in total. The molecule has 0 saturated heterocycles. The van der Waals surface area contributed by atoms with Gasteiger partial charge >= 0.3 is 0 Å². The van der Waals surface area contributed by atoms with Crippen LogP contribution in [0.25, 0.3) is 0 Å². The molecule has 1 unspecified atom stereocenters. The summed E-state index contributed by atoms with van der Waals surface area (Å²) < 4.78 is 41.9. The monoisotopic (exact) mass is 579 g/mol. The normalized spacial score (nSPS) is 12.0. The van der Waals surface area contributed by atoms with Gasteiger partial charge in [-0.05, 0) is 61.4 Å². The highest BCUT2D eigenvalue weighted by atomic mass is 35.5. The summed E-state index contributed by atoms with van der Waals surface area (Å²) in [5, 5.41) is 3.09. The van der Waals surface area contributed by atoms with Gasteiger partial charge in [0.25, 0.3) is 10.0 Å². The van der Waals surface area contributed by atoms with Gasteiger partial charge in [0.1, 0.15) is 18.4 Å². The van der Waals surface area contributed by atoms with Crippen molar-refractivity contribution in [2.45, 2.75) is 37.8 Å². The van der Waals surface area contributed by atoms with Crippen LogP contribution in [-0.2, 0) is 26.2 Å². The lowest BCUT2D eigenvalue weighted by Crippen LogP contribution is -2.52. The molecule has 7 nitrogen and oxygen atoms in total. The van der Waals surface area contributed by atoms with Crippen molar-refractivity contribution >= 4 is 50.7 Å². The van der Waals surface area contributed by atoms with Crippen LogP contribution in [0.1, 0.15) is 25.8 Å². The molecular weight excluding hydrogens is 552 g/mol. The number of anilines is 1. The van der Waals surface area contributed by atoms with Gasteiger partial charge in [0, 0.05) is 23.1 Å². The van der Waals surface area contributed by atoms with Crippen molar-refractivity contribution in [3.05, 3.63) is 94.2 Å². The molecule has 0 aliphatic rings. The van der Waals surface area contributed by atoms with Crippen molar-refractivity contribution in [1.29, 1.82) is 0 Å². The fourth-order valence-electron chi connectivity index (χ4n) is 3.93. The predicted molar refractivity (Wildman–Crippen MR) is 147 cm³/mol. The van der Waals surface area contributed by atoms with E-state index in [0.717, 1.165) is 4.31 Å². The minimum Gasteiger partial charge on any atom is -0.355 e. The van der Waals surface area contributed by atoms with Crippen LogP contribution in [-0.4, -0.2) is 44.3 Å². The highest BCUT2D eigenvalue weighted by Crippen LogP contribution is 2.30. The molecule has 2 amide bonds. The van der Waals surface area contributed by atoms with E-state index in [-0.39, 0.29) is 39.5 Å². The smallest absolute Gasteiger partial charge is 0.264 e. The van der Waals surface area contributed by atoms with Crippen LogP contribution in [0, 0.1) is 5.82 Å². The summed E-state index contributed by atoms with van der Waals surface area (Å²) in [4.78, 5) is 28.0. The van der Waals surface area contributed by atoms with Gasteiger partial charge in [-0.3, -0.25) is 13.9 Å². The third kappa shape index (κ3) is 7.24. The zero-order valence-corrected chi connectivity index (χ0v) is 23.2. The minimum atomic E-state index is -4.24. The average Bonchev–Trinajstić information content (AvgIpc) is 2.88. The molecule has 0 bridgehead atoms. The van der Waals surface area contributed by atoms with Gasteiger partial charge in [-0.1, -0.05) is 60.5 Å². The van der Waals surface area contributed by atoms with Crippen LogP contribution >= 0.6 is 23.2 Å². The van der Waals surface area contributed by atoms with E-state index in [4.69, 9.17) is 23.2 Å². The third-order valence-electron chi connectivity index (χ3n) is 5.75. The summed E-state index contributed by atoms with van der Waals surface area (Å²) in [6.07, 6.45) is 0.271. The predicted octanol–water partition coefficient (Wildman–Crippen LogP) is 5.27. The second-order valence-corrected chi connectivity index (χ2v) is 11.2. The van der Waals surface area contributed by atoms with Crippen LogP contribution in [0.2, 0.25) is 10.0 Å². The maximum atomic E-state index is 13.9. The molecule has 1 atom stereocenters. The summed E-state index contributed by atoms with van der Waals surface area (Å²) in [6.45, 7) is 3.19. The van der Waals surface area contributed by atoms with E-state index in [1.807, 2.05) is 0 Å². The first-order chi connectivity index (χ1) is 18.1. The Bertz CT molecular complexity index is 1350. The highest BCUT2D eigenvalue weighted by molar-refractivity contribution is 7.92. The largest absolute Gasteiger partial charge is 0.355 e. The Hall–Kier alpha value is -3.14. The fraction of sp³-hybridized carbons (Fsp3) is 0.259. The zero-order valence-electron chi connectivity index (χ0n) is 20.9. The van der Waals surface area contributed by atoms with E-state index in [9.17, 15) is 22.4 Å². The molecule has 3 aromatic rings. The highest BCUT2D eigenvalue weighted by Gasteiger charge is 2.33. The summed E-state index contributed by atoms with van der Waals surface area (Å²) >= 11 is 12.3. The molecular formula is C27H28Cl2FN3O4S. The molecule has 11 heteroatoms. The van der Waals surface area contributed by atoms with Crippen molar-refractivity contribution < 1.29 is 22.4 Å². The number of hydrogen-bond acceptors (Lipinski definition) is 4. The summed E-state index contributed by atoms with van der Waals surface area (Å²) in [5.74, 6) is -1.46. The zero-order chi connectivity index (χ0) is 27.9. The number of amides is 2. The second-order valence-electron chi connectivity index (χ2n) is 8.42. The number of hydrogen-bond donors (Lipinski definition) is 1. The first-order valence-electron chi connectivity index (χ1n) is 11.9. The molecule has 202 valence electrons. The van der Waals surface area contributed by atoms with Crippen LogP contribution in [0.4, 0.5) is 10.1 Å². The van der Waals surface area contributed by atoms with Crippen LogP contribution in [0.3, 0.4) is 0 Å². The average molecular weight is 581 g/mol. The van der Waals surface area contributed by atoms with E-state index in [2.05, 4.69) is 5.32 Å². The van der Waals surface area contributed by atoms with Gasteiger partial charge in [0.15, 0.2) is 0 Å². The maximum Gasteiger partial charge on any atom is 0.264 e. The SMILES string of the molecule is CCNC(=O)C(CC)N(Cc1ccc(F)cc1)C(=O)CN(c1cc(Cl)cc(Cl)c1)S(=O)(=O)c1ccccc1. The van der Waals surface area contributed by atoms with Gasteiger partial charge in [-0.2, -0.15) is 0 Å². The van der Waals surface area contributed by atoms with E-state index in [0.29, 0.717) is 12.1 Å². The van der Waals surface area contributed by atoms with Crippen molar-refractivity contribution in [2.24, 2.45) is 0 Å². The number of sulfonamides is 1. The number of halogens is 3. The Kier molecular flexibility index (Phi) is 10.1. The van der Waals surface area contributed by atoms with Gasteiger partial charge in [0.2, 0.25) is 11.8 Å². The summed E-state index contributed by atoms with van der Waals surface area (Å²) in [7, 11) is -4.24. The lowest BCUT2D eigenvalue weighted by atomic mass is 10.1. The van der Waals surface area contributed by atoms with Crippen molar-refractivity contribution in [3.63, 3.8) is 0 Å². The molecule has 0 fully saturated rings. The Morgan fingerprint density at radius 3 is 2.11 bits per heavy atom. The lowest BCUT2D eigenvalue weighted by molar-refractivity contribution is -0.140. The van der Waals surface area contributed by atoms with E-state index in [1.165, 1.54) is 59.5 Å². The Balaban J connectivity index is 2.07. The first-order valence-corrected chi connectivity index (χ1v) is 14.1. The van der Waals surface area contributed by atoms with Gasteiger partial charge in [-0.15, -0.1) is 0 Å². The molecule has 0 radical (unpaired) electrons. The van der Waals surface area contributed by atoms with Crippen LogP contribution in [0.5, 0.6) is 0 Å². The third-order valence-corrected chi connectivity index (χ3v) is 7.97. The Morgan fingerprint density at radius 2 is 1.55 bits per heavy atom. The number of rotatable bonds is 11. The quantitative estimate of drug-likeness (QED) is 0.335. The Labute approximate surface area is 232 Å². The summed E-state index contributed by atoms with van der Waals surface area (Å²) in [5.41, 5.74) is 0.665. The number of benzene rings is 3. The number of carbonyl (C=O) groups is 2. The van der Waals surface area contributed by atoms with Gasteiger partial charge in [0.05, 0.1) is 10.6 Å². The lowest BCUT2D eigenvalue weighted by Gasteiger charge is -2.33. The first kappa shape index (κ1) is 29.4. The molecule has 0 aliphatic heterocycles. The number of nitrogens with one attached hydrogen (secondary N) is 1. The van der Waals surface area contributed by atoms with Crippen LogP contribution in [0.15, 0.2) is 77.7 Å². The maximum absolute atomic E-state index is 13.9. The number of nitrogens with zero attached hydrogens (tertiary/aromatic N) is 2. The van der Waals surface area contributed by atoms with Gasteiger partial charge < -0.3 is 10.2 Å². The molecule has 38 heavy (non-hydrogen) atoms. The topological polar surface area (TPSA) is 86.8 Å². The minimum absolute atomic E-state index is 0.0373. The molecule has 0 saturated carbocycles. The van der Waals surface area contributed by atoms with Crippen molar-refractivity contribution in [1.82, 2.24) is 10.2 Å². The van der Waals surface area contributed by atoms with Crippen molar-refractivity contribution in [3.8, 4) is 0 Å². The standard InChI is InChI=1S/C27H28Cl2FN3O4S/c1-3-25(27(35)31-4-2)32(17-19-10-12-22(30)13-11-19)26(34)18-33(23-15-20(28)14-21(29)16-23)38(36,37)24-8-6-5-7-9-24/h5-16,25H,3-4,17-18H2,1-2H3,(H,31,35). The van der Waals surface area contributed by atoms with Gasteiger partial charge in [-0.25, -0.2) is 12.8 Å². The fourth-order valence-corrected chi connectivity index (χ4v) is 5.86. The molecule has 3 aromatic carbocycles. The molecule has 0 heterocycles. The number of likely N-dealkylation sites (N-methyl/N-ethyl adjacent to an activating group) is 1. The molecule has 3 rings (SSSR count). The molecule has 0 aliphatic carbocycles. The molecule has 0 spiro atoms. The molecule has 0 aromatic heterocycles. The van der Waals surface area contributed by atoms with E-state index < -0.39 is 34.3 Å². The van der Waals surface area contributed by atoms with Crippen molar-refractivity contribution in [2.75, 3.05) is 17.4 Å². The van der Waals surface area contributed by atoms with Crippen LogP contribution < -0.4 is 9.62 Å². The summed E-state index contributed by atoms with van der Waals surface area (Å²) in [6, 6.07) is 16.5.